The summed E-state index contributed by atoms with van der Waals surface area (Å²) in [5.41, 5.74) is -0.397. The molecule has 0 atom stereocenters. The van der Waals surface area contributed by atoms with Crippen molar-refractivity contribution in [3.05, 3.63) is 62.7 Å². The number of nitro benzene ring substituents is 1. The number of pyridine rings is 1. The van der Waals surface area contributed by atoms with Crippen molar-refractivity contribution in [2.75, 3.05) is 0 Å². The normalized spacial score (nSPS) is 10.2. The number of halogens is 1. The van der Waals surface area contributed by atoms with Crippen LogP contribution in [0.1, 0.15) is 0 Å². The van der Waals surface area contributed by atoms with Crippen molar-refractivity contribution in [2.24, 2.45) is 0 Å². The predicted octanol–water partition coefficient (Wildman–Crippen LogP) is 2.09. The number of benzene rings is 1. The molecule has 0 aliphatic rings. The summed E-state index contributed by atoms with van der Waals surface area (Å²) in [4.78, 5) is 23.7. The van der Waals surface area contributed by atoms with Gasteiger partial charge in [-0.2, -0.15) is 0 Å². The Morgan fingerprint density at radius 3 is 2.65 bits per heavy atom. The first-order valence-electron chi connectivity index (χ1n) is 4.71. The van der Waals surface area contributed by atoms with Gasteiger partial charge in [-0.15, -0.1) is 0 Å². The Morgan fingerprint density at radius 1 is 1.24 bits per heavy atom. The third-order valence-electron chi connectivity index (χ3n) is 2.21. The molecule has 2 rings (SSSR count). The van der Waals surface area contributed by atoms with Gasteiger partial charge in [-0.05, 0) is 18.2 Å². The second-order valence-corrected chi connectivity index (χ2v) is 3.35. The van der Waals surface area contributed by atoms with Crippen LogP contribution in [0.2, 0.25) is 0 Å². The van der Waals surface area contributed by atoms with Crippen LogP contribution in [0.3, 0.4) is 0 Å². The molecular formula is C11H7FN2O3. The zero-order chi connectivity index (χ0) is 12.4. The van der Waals surface area contributed by atoms with Crippen LogP contribution in [0.5, 0.6) is 0 Å². The highest BCUT2D eigenvalue weighted by molar-refractivity contribution is 5.70. The first-order valence-corrected chi connectivity index (χ1v) is 4.71. The van der Waals surface area contributed by atoms with Gasteiger partial charge in [-0.25, -0.2) is 4.39 Å². The lowest BCUT2D eigenvalue weighted by atomic mass is 10.1. The van der Waals surface area contributed by atoms with Gasteiger partial charge in [0.1, 0.15) is 5.82 Å². The number of hydrogen-bond donors (Lipinski definition) is 1. The second kappa shape index (κ2) is 4.17. The largest absolute Gasteiger partial charge is 0.322 e. The Balaban J connectivity index is 2.69. The van der Waals surface area contributed by atoms with Crippen molar-refractivity contribution in [3.8, 4) is 11.3 Å². The fraction of sp³-hybridized carbons (Fsp3) is 0. The van der Waals surface area contributed by atoms with Crippen LogP contribution in [-0.2, 0) is 0 Å². The summed E-state index contributed by atoms with van der Waals surface area (Å²) in [5.74, 6) is -0.602. The van der Waals surface area contributed by atoms with E-state index in [1.54, 1.807) is 0 Å². The van der Waals surface area contributed by atoms with Gasteiger partial charge < -0.3 is 4.98 Å². The molecule has 1 heterocycles. The minimum atomic E-state index is -0.625. The maximum atomic E-state index is 13.1. The molecule has 1 N–H and O–H groups in total. The van der Waals surface area contributed by atoms with E-state index in [1.165, 1.54) is 18.2 Å². The Bertz CT molecular complexity index is 637. The number of aromatic nitrogens is 1. The SMILES string of the molecule is O=c1cccc(-c2cc(F)ccc2[N+](=O)[O-])[nH]1. The van der Waals surface area contributed by atoms with Crippen LogP contribution in [-0.4, -0.2) is 9.91 Å². The quantitative estimate of drug-likeness (QED) is 0.638. The minimum Gasteiger partial charge on any atom is -0.322 e. The number of rotatable bonds is 2. The Hall–Kier alpha value is -2.50. The molecule has 0 unspecified atom stereocenters. The standard InChI is InChI=1S/C11H7FN2O3/c12-7-4-5-10(14(16)17)8(6-7)9-2-1-3-11(15)13-9/h1-6H,(H,13,15). The maximum Gasteiger partial charge on any atom is 0.278 e. The van der Waals surface area contributed by atoms with Gasteiger partial charge in [-0.3, -0.25) is 14.9 Å². The molecule has 2 aromatic rings. The van der Waals surface area contributed by atoms with Gasteiger partial charge in [0.05, 0.1) is 16.2 Å². The van der Waals surface area contributed by atoms with Crippen molar-refractivity contribution in [1.29, 1.82) is 0 Å². The molecule has 1 aromatic carbocycles. The molecule has 0 aliphatic heterocycles. The predicted molar refractivity (Wildman–Crippen MR) is 59.1 cm³/mol. The highest BCUT2D eigenvalue weighted by Gasteiger charge is 2.16. The van der Waals surface area contributed by atoms with Crippen molar-refractivity contribution < 1.29 is 9.31 Å². The third-order valence-corrected chi connectivity index (χ3v) is 2.21. The van der Waals surface area contributed by atoms with Crippen molar-refractivity contribution in [2.45, 2.75) is 0 Å². The first-order chi connectivity index (χ1) is 8.08. The van der Waals surface area contributed by atoms with Crippen LogP contribution in [0.4, 0.5) is 10.1 Å². The number of H-pyrrole nitrogens is 1. The van der Waals surface area contributed by atoms with E-state index < -0.39 is 16.3 Å². The van der Waals surface area contributed by atoms with E-state index in [4.69, 9.17) is 0 Å². The van der Waals surface area contributed by atoms with Crippen LogP contribution in [0.25, 0.3) is 11.3 Å². The Kier molecular flexibility index (Phi) is 2.70. The van der Waals surface area contributed by atoms with Crippen molar-refractivity contribution in [1.82, 2.24) is 4.98 Å². The molecule has 0 fully saturated rings. The summed E-state index contributed by atoms with van der Waals surface area (Å²) >= 11 is 0. The fourth-order valence-electron chi connectivity index (χ4n) is 1.49. The highest BCUT2D eigenvalue weighted by Crippen LogP contribution is 2.28. The molecule has 5 nitrogen and oxygen atoms in total. The van der Waals surface area contributed by atoms with Crippen LogP contribution in [0, 0.1) is 15.9 Å². The average molecular weight is 234 g/mol. The van der Waals surface area contributed by atoms with Crippen LogP contribution in [0.15, 0.2) is 41.2 Å². The average Bonchev–Trinajstić information content (AvgIpc) is 2.28. The number of hydrogen-bond acceptors (Lipinski definition) is 3. The summed E-state index contributed by atoms with van der Waals surface area (Å²) in [6.07, 6.45) is 0. The van der Waals surface area contributed by atoms with Gasteiger partial charge in [0, 0.05) is 12.1 Å². The summed E-state index contributed by atoms with van der Waals surface area (Å²) in [6.45, 7) is 0. The van der Waals surface area contributed by atoms with Gasteiger partial charge >= 0.3 is 0 Å². The molecule has 17 heavy (non-hydrogen) atoms. The zero-order valence-electron chi connectivity index (χ0n) is 8.51. The lowest BCUT2D eigenvalue weighted by molar-refractivity contribution is -0.384. The van der Waals surface area contributed by atoms with Crippen molar-refractivity contribution >= 4 is 5.69 Å². The molecule has 0 aliphatic carbocycles. The number of aromatic amines is 1. The monoisotopic (exact) mass is 234 g/mol. The number of nitrogens with zero attached hydrogens (tertiary/aromatic N) is 1. The molecule has 0 saturated heterocycles. The molecule has 0 bridgehead atoms. The first kappa shape index (κ1) is 11.0. The van der Waals surface area contributed by atoms with Crippen LogP contribution >= 0.6 is 0 Å². The van der Waals surface area contributed by atoms with Gasteiger partial charge in [0.25, 0.3) is 5.69 Å². The van der Waals surface area contributed by atoms with E-state index in [-0.39, 0.29) is 16.9 Å². The van der Waals surface area contributed by atoms with E-state index >= 15 is 0 Å². The van der Waals surface area contributed by atoms with Gasteiger partial charge in [0.15, 0.2) is 0 Å². The molecule has 1 aromatic heterocycles. The van der Waals surface area contributed by atoms with E-state index in [2.05, 4.69) is 4.98 Å². The molecule has 0 spiro atoms. The highest BCUT2D eigenvalue weighted by atomic mass is 19.1. The van der Waals surface area contributed by atoms with E-state index in [9.17, 15) is 19.3 Å². The summed E-state index contributed by atoms with van der Waals surface area (Å²) in [7, 11) is 0. The Morgan fingerprint density at radius 2 is 2.00 bits per heavy atom. The van der Waals surface area contributed by atoms with Crippen molar-refractivity contribution in [3.63, 3.8) is 0 Å². The van der Waals surface area contributed by atoms with Gasteiger partial charge in [0.2, 0.25) is 5.56 Å². The second-order valence-electron chi connectivity index (χ2n) is 3.35. The molecule has 0 radical (unpaired) electrons. The third kappa shape index (κ3) is 2.20. The molecule has 0 saturated carbocycles. The molecule has 0 amide bonds. The van der Waals surface area contributed by atoms with Crippen LogP contribution < -0.4 is 5.56 Å². The zero-order valence-corrected chi connectivity index (χ0v) is 8.51. The maximum absolute atomic E-state index is 13.1. The number of nitro groups is 1. The summed E-state index contributed by atoms with van der Waals surface area (Å²) < 4.78 is 13.1. The lowest BCUT2D eigenvalue weighted by Gasteiger charge is -2.02. The van der Waals surface area contributed by atoms with Gasteiger partial charge in [-0.1, -0.05) is 6.07 Å². The number of nitrogens with one attached hydrogen (secondary N) is 1. The topological polar surface area (TPSA) is 76.0 Å². The molecular weight excluding hydrogens is 227 g/mol. The smallest absolute Gasteiger partial charge is 0.278 e. The fourth-order valence-corrected chi connectivity index (χ4v) is 1.49. The summed E-state index contributed by atoms with van der Waals surface area (Å²) in [5, 5.41) is 10.8. The van der Waals surface area contributed by atoms with E-state index in [0.717, 1.165) is 18.2 Å². The van der Waals surface area contributed by atoms with E-state index in [0.29, 0.717) is 0 Å². The van der Waals surface area contributed by atoms with E-state index in [1.807, 2.05) is 0 Å². The Labute approximate surface area is 94.7 Å². The molecule has 86 valence electrons. The molecule has 6 heteroatoms. The minimum absolute atomic E-state index is 0.0488. The lowest BCUT2D eigenvalue weighted by Crippen LogP contribution is -2.04. The summed E-state index contributed by atoms with van der Waals surface area (Å²) in [6, 6.07) is 7.28.